The number of piperidine rings is 1. The van der Waals surface area contributed by atoms with Crippen LogP contribution in [-0.2, 0) is 18.1 Å². The molecule has 3 rings (SSSR count). The minimum atomic E-state index is -3.42. The van der Waals surface area contributed by atoms with Gasteiger partial charge in [0.1, 0.15) is 0 Å². The second-order valence-electron chi connectivity index (χ2n) is 6.53. The molecule has 118 valence electrons. The van der Waals surface area contributed by atoms with E-state index in [2.05, 4.69) is 4.90 Å². The maximum absolute atomic E-state index is 6.28. The molecule has 0 saturated carbocycles. The summed E-state index contributed by atoms with van der Waals surface area (Å²) in [6.45, 7) is 10.3. The van der Waals surface area contributed by atoms with E-state index < -0.39 is 7.51 Å². The van der Waals surface area contributed by atoms with E-state index in [1.165, 1.54) is 19.3 Å². The summed E-state index contributed by atoms with van der Waals surface area (Å²) in [7, 11) is -3.42. The first kappa shape index (κ1) is 15.1. The predicted octanol–water partition coefficient (Wildman–Crippen LogP) is 3.29. The van der Waals surface area contributed by atoms with Crippen molar-refractivity contribution >= 4 is 7.51 Å². The molecule has 0 aromatic rings. The summed E-state index contributed by atoms with van der Waals surface area (Å²) in [5, 5.41) is 0. The molecule has 3 fully saturated rings. The van der Waals surface area contributed by atoms with Crippen LogP contribution >= 0.6 is 7.51 Å². The maximum atomic E-state index is 6.28. The molecular formula is C14H28NO4P. The minimum absolute atomic E-state index is 0.0231. The first-order valence-electron chi connectivity index (χ1n) is 7.91. The van der Waals surface area contributed by atoms with Crippen LogP contribution in [0.15, 0.2) is 0 Å². The molecule has 0 radical (unpaired) electrons. The molecule has 3 aliphatic heterocycles. The molecule has 3 heterocycles. The molecule has 0 amide bonds. The van der Waals surface area contributed by atoms with Crippen molar-refractivity contribution in [3.05, 3.63) is 0 Å². The molecule has 0 N–H and O–H groups in total. The molecule has 5 nitrogen and oxygen atoms in total. The molecular weight excluding hydrogens is 277 g/mol. The topological polar surface area (TPSA) is 40.2 Å². The van der Waals surface area contributed by atoms with Crippen molar-refractivity contribution < 1.29 is 18.1 Å². The number of likely N-dealkylation sites (tertiary alicyclic amines) is 1. The van der Waals surface area contributed by atoms with Crippen molar-refractivity contribution in [3.63, 3.8) is 0 Å². The number of rotatable bonds is 2. The predicted molar refractivity (Wildman–Crippen MR) is 79.4 cm³/mol. The van der Waals surface area contributed by atoms with Gasteiger partial charge in [0.2, 0.25) is 0 Å². The Balaban J connectivity index is 1.85. The zero-order chi connectivity index (χ0) is 14.4. The third kappa shape index (κ3) is 2.53. The van der Waals surface area contributed by atoms with Crippen molar-refractivity contribution in [1.82, 2.24) is 4.90 Å². The molecule has 0 aromatic heterocycles. The Labute approximate surface area is 122 Å². The summed E-state index contributed by atoms with van der Waals surface area (Å²) in [5.41, 5.74) is 0. The van der Waals surface area contributed by atoms with Gasteiger partial charge < -0.3 is 0 Å². The molecule has 4 atom stereocenters. The van der Waals surface area contributed by atoms with Gasteiger partial charge in [-0.3, -0.25) is 0 Å². The summed E-state index contributed by atoms with van der Waals surface area (Å²) in [6.07, 6.45) is 4.55. The Morgan fingerprint density at radius 3 is 1.55 bits per heavy atom. The molecule has 0 aromatic carbocycles. The van der Waals surface area contributed by atoms with Gasteiger partial charge in [-0.15, -0.1) is 0 Å². The van der Waals surface area contributed by atoms with Crippen LogP contribution in [0.1, 0.15) is 47.0 Å². The summed E-state index contributed by atoms with van der Waals surface area (Å²) in [4.78, 5) is 2.40. The van der Waals surface area contributed by atoms with Crippen LogP contribution < -0.4 is 0 Å². The first-order chi connectivity index (χ1) is 9.41. The first-order valence-corrected chi connectivity index (χ1v) is 10.0. The Bertz CT molecular complexity index is 323. The molecule has 3 aliphatic rings. The normalized spacial score (nSPS) is 46.3. The van der Waals surface area contributed by atoms with E-state index >= 15 is 0 Å². The Morgan fingerprint density at radius 2 is 1.15 bits per heavy atom. The van der Waals surface area contributed by atoms with E-state index in [0.29, 0.717) is 6.29 Å². The standard InChI is InChI=1S/C14H28NO4P/c1-11-12(2)17-20(16-11,18-13(3)14(4)19-20)10-15-8-6-5-7-9-15/h11-14H,5-10H2,1-4H3/t11-,12-,13-,14+/m0/s1. The SMILES string of the molecule is C[C@@H]1OP2(CN3CCCCC3)(O[C@H]1C)O[C@@H](C)[C@@H](C)O2. The van der Waals surface area contributed by atoms with Gasteiger partial charge in [-0.2, -0.15) is 0 Å². The molecule has 0 bridgehead atoms. The van der Waals surface area contributed by atoms with E-state index in [-0.39, 0.29) is 24.4 Å². The van der Waals surface area contributed by atoms with E-state index in [1.54, 1.807) is 0 Å². The average molecular weight is 305 g/mol. The Kier molecular flexibility index (Phi) is 3.90. The monoisotopic (exact) mass is 305 g/mol. The summed E-state index contributed by atoms with van der Waals surface area (Å²) < 4.78 is 25.1. The van der Waals surface area contributed by atoms with Crippen LogP contribution in [0.2, 0.25) is 0 Å². The van der Waals surface area contributed by atoms with Gasteiger partial charge in [-0.05, 0) is 0 Å². The van der Waals surface area contributed by atoms with Gasteiger partial charge in [0, 0.05) is 0 Å². The van der Waals surface area contributed by atoms with Crippen LogP contribution in [0.3, 0.4) is 0 Å². The fourth-order valence-corrected chi connectivity index (χ4v) is 8.09. The van der Waals surface area contributed by atoms with Gasteiger partial charge in [0.25, 0.3) is 0 Å². The van der Waals surface area contributed by atoms with Crippen molar-refractivity contribution in [2.45, 2.75) is 71.4 Å². The van der Waals surface area contributed by atoms with Crippen LogP contribution in [-0.4, -0.2) is 48.7 Å². The second-order valence-corrected chi connectivity index (χ2v) is 9.58. The number of hydrogen-bond donors (Lipinski definition) is 0. The van der Waals surface area contributed by atoms with Crippen LogP contribution in [0.4, 0.5) is 0 Å². The zero-order valence-corrected chi connectivity index (χ0v) is 14.0. The molecule has 0 aliphatic carbocycles. The van der Waals surface area contributed by atoms with Crippen LogP contribution in [0.25, 0.3) is 0 Å². The summed E-state index contributed by atoms with van der Waals surface area (Å²) >= 11 is 0. The van der Waals surface area contributed by atoms with Gasteiger partial charge in [-0.1, -0.05) is 0 Å². The van der Waals surface area contributed by atoms with E-state index in [1.807, 2.05) is 27.7 Å². The zero-order valence-electron chi connectivity index (χ0n) is 13.1. The van der Waals surface area contributed by atoms with Crippen molar-refractivity contribution in [3.8, 4) is 0 Å². The van der Waals surface area contributed by atoms with Crippen LogP contribution in [0, 0.1) is 0 Å². The third-order valence-corrected chi connectivity index (χ3v) is 8.50. The van der Waals surface area contributed by atoms with Crippen molar-refractivity contribution in [2.24, 2.45) is 0 Å². The van der Waals surface area contributed by atoms with Crippen LogP contribution in [0.5, 0.6) is 0 Å². The number of nitrogens with zero attached hydrogens (tertiary/aromatic N) is 1. The molecule has 3 saturated heterocycles. The Morgan fingerprint density at radius 1 is 0.750 bits per heavy atom. The molecule has 20 heavy (non-hydrogen) atoms. The quantitative estimate of drug-likeness (QED) is 0.732. The van der Waals surface area contributed by atoms with Gasteiger partial charge >= 0.3 is 121 Å². The van der Waals surface area contributed by atoms with Gasteiger partial charge in [0.05, 0.1) is 0 Å². The van der Waals surface area contributed by atoms with E-state index in [4.69, 9.17) is 18.1 Å². The molecule has 1 spiro atoms. The van der Waals surface area contributed by atoms with E-state index in [9.17, 15) is 0 Å². The van der Waals surface area contributed by atoms with E-state index in [0.717, 1.165) is 13.1 Å². The summed E-state index contributed by atoms with van der Waals surface area (Å²) in [5.74, 6) is 0. The molecule has 0 unspecified atom stereocenters. The van der Waals surface area contributed by atoms with Gasteiger partial charge in [-0.25, -0.2) is 0 Å². The fourth-order valence-electron chi connectivity index (χ4n) is 3.34. The number of hydrogen-bond acceptors (Lipinski definition) is 5. The van der Waals surface area contributed by atoms with Crippen molar-refractivity contribution in [1.29, 1.82) is 0 Å². The fraction of sp³-hybridized carbons (Fsp3) is 1.00. The van der Waals surface area contributed by atoms with Gasteiger partial charge in [0.15, 0.2) is 0 Å². The second kappa shape index (κ2) is 5.15. The Hall–Kier alpha value is 0.230. The third-order valence-electron chi connectivity index (χ3n) is 4.68. The summed E-state index contributed by atoms with van der Waals surface area (Å²) in [6, 6.07) is 0. The van der Waals surface area contributed by atoms with Crippen molar-refractivity contribution in [2.75, 3.05) is 19.4 Å². The average Bonchev–Trinajstić information content (AvgIpc) is 2.75. The molecule has 6 heteroatoms.